The highest BCUT2D eigenvalue weighted by Crippen LogP contribution is 1.71. The molecule has 0 aliphatic rings. The standard InChI is InChI=1S/C9H22N2/c1-3-7-11(8-4-2)9-5-6-10/h3-10H2,1-2H3/p+2. The largest absolute Gasteiger partial charge is 0.357 e. The molecule has 11 heavy (non-hydrogen) atoms. The molecule has 0 spiro atoms. The van der Waals surface area contributed by atoms with Crippen LogP contribution in [0.4, 0.5) is 0 Å². The Kier molecular flexibility index (Phi) is 7.96. The second kappa shape index (κ2) is 8.02. The van der Waals surface area contributed by atoms with Crippen molar-refractivity contribution >= 4 is 0 Å². The molecule has 0 aliphatic carbocycles. The van der Waals surface area contributed by atoms with Gasteiger partial charge in [-0.15, -0.1) is 0 Å². The van der Waals surface area contributed by atoms with Crippen molar-refractivity contribution in [3.05, 3.63) is 0 Å². The Morgan fingerprint density at radius 1 is 1.00 bits per heavy atom. The van der Waals surface area contributed by atoms with Gasteiger partial charge in [0.15, 0.2) is 0 Å². The lowest BCUT2D eigenvalue weighted by Gasteiger charge is -2.16. The maximum absolute atomic E-state index is 3.86. The summed E-state index contributed by atoms with van der Waals surface area (Å²) in [5, 5.41) is 0. The summed E-state index contributed by atoms with van der Waals surface area (Å²) in [7, 11) is 0. The molecule has 0 amide bonds. The number of rotatable bonds is 7. The molecule has 0 aliphatic heterocycles. The highest BCUT2D eigenvalue weighted by Gasteiger charge is 2.03. The molecule has 0 aromatic rings. The summed E-state index contributed by atoms with van der Waals surface area (Å²) < 4.78 is 0. The second-order valence-corrected chi connectivity index (χ2v) is 3.21. The van der Waals surface area contributed by atoms with E-state index in [1.807, 2.05) is 0 Å². The van der Waals surface area contributed by atoms with Gasteiger partial charge in [-0.1, -0.05) is 13.8 Å². The van der Waals surface area contributed by atoms with Gasteiger partial charge in [0.25, 0.3) is 0 Å². The molecule has 0 aromatic heterocycles. The lowest BCUT2D eigenvalue weighted by molar-refractivity contribution is -0.901. The average molecular weight is 160 g/mol. The summed E-state index contributed by atoms with van der Waals surface area (Å²) in [6, 6.07) is 0. The molecule has 2 nitrogen and oxygen atoms in total. The molecule has 0 saturated carbocycles. The first-order valence-corrected chi connectivity index (χ1v) is 4.97. The average Bonchev–Trinajstić information content (AvgIpc) is 2.01. The Bertz CT molecular complexity index is 68.0. The van der Waals surface area contributed by atoms with E-state index in [9.17, 15) is 0 Å². The highest BCUT2D eigenvalue weighted by molar-refractivity contribution is 4.31. The summed E-state index contributed by atoms with van der Waals surface area (Å²) in [6.07, 6.45) is 3.91. The molecule has 0 saturated heterocycles. The van der Waals surface area contributed by atoms with Crippen LogP contribution in [0.3, 0.4) is 0 Å². The molecule has 0 aromatic carbocycles. The third-order valence-electron chi connectivity index (χ3n) is 1.99. The van der Waals surface area contributed by atoms with Crippen LogP contribution in [-0.2, 0) is 0 Å². The first-order valence-electron chi connectivity index (χ1n) is 4.97. The van der Waals surface area contributed by atoms with Crippen LogP contribution in [0.25, 0.3) is 0 Å². The molecule has 0 unspecified atom stereocenters. The molecule has 0 atom stereocenters. The Morgan fingerprint density at radius 3 is 1.91 bits per heavy atom. The van der Waals surface area contributed by atoms with Crippen molar-refractivity contribution in [1.82, 2.24) is 0 Å². The van der Waals surface area contributed by atoms with Crippen LogP contribution < -0.4 is 10.6 Å². The smallest absolute Gasteiger partial charge is 0.0825 e. The van der Waals surface area contributed by atoms with Gasteiger partial charge >= 0.3 is 0 Å². The summed E-state index contributed by atoms with van der Waals surface area (Å²) in [5.74, 6) is 0. The maximum atomic E-state index is 3.86. The summed E-state index contributed by atoms with van der Waals surface area (Å²) in [5.41, 5.74) is 3.86. The summed E-state index contributed by atoms with van der Waals surface area (Å²) >= 11 is 0. The Hall–Kier alpha value is -0.0800. The molecule has 0 bridgehead atoms. The topological polar surface area (TPSA) is 32.1 Å². The van der Waals surface area contributed by atoms with Crippen molar-refractivity contribution in [2.75, 3.05) is 26.2 Å². The van der Waals surface area contributed by atoms with E-state index < -0.39 is 0 Å². The normalized spacial score (nSPS) is 10.9. The Morgan fingerprint density at radius 2 is 1.55 bits per heavy atom. The molecule has 68 valence electrons. The van der Waals surface area contributed by atoms with E-state index in [1.54, 1.807) is 4.90 Å². The van der Waals surface area contributed by atoms with Crippen LogP contribution in [0.2, 0.25) is 0 Å². The monoisotopic (exact) mass is 160 g/mol. The molecule has 0 rings (SSSR count). The zero-order chi connectivity index (χ0) is 8.53. The minimum atomic E-state index is 1.09. The second-order valence-electron chi connectivity index (χ2n) is 3.21. The van der Waals surface area contributed by atoms with Gasteiger partial charge in [0.2, 0.25) is 0 Å². The van der Waals surface area contributed by atoms with Crippen LogP contribution in [0.1, 0.15) is 33.1 Å². The van der Waals surface area contributed by atoms with Gasteiger partial charge in [0, 0.05) is 6.42 Å². The molecule has 4 N–H and O–H groups in total. The third-order valence-corrected chi connectivity index (χ3v) is 1.99. The predicted octanol–water partition coefficient (Wildman–Crippen LogP) is -0.677. The molecule has 0 heterocycles. The van der Waals surface area contributed by atoms with Gasteiger partial charge in [0.05, 0.1) is 26.2 Å². The van der Waals surface area contributed by atoms with E-state index in [0.717, 1.165) is 6.54 Å². The van der Waals surface area contributed by atoms with Gasteiger partial charge in [-0.05, 0) is 12.8 Å². The van der Waals surface area contributed by atoms with Crippen molar-refractivity contribution in [3.63, 3.8) is 0 Å². The minimum absolute atomic E-state index is 1.09. The molecule has 2 heteroatoms. The van der Waals surface area contributed by atoms with Crippen LogP contribution in [0.15, 0.2) is 0 Å². The fourth-order valence-electron chi connectivity index (χ4n) is 1.46. The summed E-state index contributed by atoms with van der Waals surface area (Å²) in [6.45, 7) is 9.63. The van der Waals surface area contributed by atoms with E-state index in [4.69, 9.17) is 0 Å². The predicted molar refractivity (Wildman–Crippen MR) is 48.5 cm³/mol. The number of nitrogens with one attached hydrogen (secondary N) is 1. The fourth-order valence-corrected chi connectivity index (χ4v) is 1.46. The molecular weight excluding hydrogens is 136 g/mol. The van der Waals surface area contributed by atoms with Crippen molar-refractivity contribution in [2.45, 2.75) is 33.1 Å². The first kappa shape index (κ1) is 10.9. The van der Waals surface area contributed by atoms with E-state index in [1.165, 1.54) is 38.9 Å². The van der Waals surface area contributed by atoms with Gasteiger partial charge in [-0.3, -0.25) is 0 Å². The van der Waals surface area contributed by atoms with Gasteiger partial charge < -0.3 is 10.6 Å². The Labute approximate surface area is 70.8 Å². The van der Waals surface area contributed by atoms with E-state index in [2.05, 4.69) is 19.6 Å². The van der Waals surface area contributed by atoms with Crippen LogP contribution in [0, 0.1) is 0 Å². The van der Waals surface area contributed by atoms with Crippen molar-refractivity contribution in [2.24, 2.45) is 0 Å². The van der Waals surface area contributed by atoms with Gasteiger partial charge in [-0.2, -0.15) is 0 Å². The van der Waals surface area contributed by atoms with E-state index in [0.29, 0.717) is 0 Å². The quantitative estimate of drug-likeness (QED) is 0.495. The third kappa shape index (κ3) is 6.32. The van der Waals surface area contributed by atoms with Crippen molar-refractivity contribution in [1.29, 1.82) is 0 Å². The minimum Gasteiger partial charge on any atom is -0.357 e. The number of hydrogen-bond donors (Lipinski definition) is 2. The first-order chi connectivity index (χ1) is 5.35. The zero-order valence-electron chi connectivity index (χ0n) is 8.16. The SMILES string of the molecule is CCC[NH+](CCC)CCC[NH3+]. The van der Waals surface area contributed by atoms with Crippen molar-refractivity contribution in [3.8, 4) is 0 Å². The fraction of sp³-hybridized carbons (Fsp3) is 1.00. The molecule has 0 radical (unpaired) electrons. The van der Waals surface area contributed by atoms with Gasteiger partial charge in [0.1, 0.15) is 0 Å². The van der Waals surface area contributed by atoms with Gasteiger partial charge in [-0.25, -0.2) is 0 Å². The van der Waals surface area contributed by atoms with E-state index >= 15 is 0 Å². The van der Waals surface area contributed by atoms with Crippen LogP contribution in [0.5, 0.6) is 0 Å². The van der Waals surface area contributed by atoms with Crippen LogP contribution in [-0.4, -0.2) is 26.2 Å². The lowest BCUT2D eigenvalue weighted by Crippen LogP contribution is -3.12. The number of quaternary nitrogens is 2. The number of hydrogen-bond acceptors (Lipinski definition) is 0. The molecular formula is C9H24N2+2. The van der Waals surface area contributed by atoms with Crippen LogP contribution >= 0.6 is 0 Å². The maximum Gasteiger partial charge on any atom is 0.0825 e. The highest BCUT2D eigenvalue weighted by atomic mass is 15.1. The Balaban J connectivity index is 3.34. The summed E-state index contributed by atoms with van der Waals surface area (Å²) in [4.78, 5) is 1.76. The lowest BCUT2D eigenvalue weighted by atomic mass is 10.3. The molecule has 0 fully saturated rings. The van der Waals surface area contributed by atoms with Crippen molar-refractivity contribution < 1.29 is 10.6 Å². The van der Waals surface area contributed by atoms with E-state index in [-0.39, 0.29) is 0 Å². The zero-order valence-corrected chi connectivity index (χ0v) is 8.16.